The van der Waals surface area contributed by atoms with Crippen LogP contribution in [-0.4, -0.2) is 17.6 Å². The highest BCUT2D eigenvalue weighted by atomic mass is 15.2. The summed E-state index contributed by atoms with van der Waals surface area (Å²) in [6.45, 7) is 5.64. The second-order valence-electron chi connectivity index (χ2n) is 5.81. The molecular weight excluding hydrogens is 246 g/mol. The lowest BCUT2D eigenvalue weighted by Crippen LogP contribution is -2.38. The molecule has 0 saturated carbocycles. The van der Waals surface area contributed by atoms with Crippen LogP contribution in [0.1, 0.15) is 38.7 Å². The van der Waals surface area contributed by atoms with E-state index in [-0.39, 0.29) is 0 Å². The highest BCUT2D eigenvalue weighted by Gasteiger charge is 2.22. The van der Waals surface area contributed by atoms with Crippen molar-refractivity contribution < 1.29 is 0 Å². The number of rotatable bonds is 2. The standard InChI is InChI=1S/C17H23N3/c1-3-13-10-14-11-15(18)7-8-16(14)19-17(13)20-9-5-4-6-12(20)2/h7-8,10-12H,3-6,9,18H2,1-2H3. The lowest BCUT2D eigenvalue weighted by molar-refractivity contribution is 0.480. The lowest BCUT2D eigenvalue weighted by Gasteiger charge is -2.35. The van der Waals surface area contributed by atoms with E-state index in [1.165, 1.54) is 30.6 Å². The second kappa shape index (κ2) is 5.31. The molecule has 1 aliphatic rings. The van der Waals surface area contributed by atoms with Gasteiger partial charge in [-0.3, -0.25) is 0 Å². The fraction of sp³-hybridized carbons (Fsp3) is 0.471. The van der Waals surface area contributed by atoms with Crippen LogP contribution in [0.15, 0.2) is 24.3 Å². The third-order valence-electron chi connectivity index (χ3n) is 4.35. The van der Waals surface area contributed by atoms with Crippen LogP contribution in [0.4, 0.5) is 11.5 Å². The first-order chi connectivity index (χ1) is 9.69. The summed E-state index contributed by atoms with van der Waals surface area (Å²) in [7, 11) is 0. The van der Waals surface area contributed by atoms with Crippen molar-refractivity contribution in [3.63, 3.8) is 0 Å². The molecule has 3 rings (SSSR count). The van der Waals surface area contributed by atoms with Gasteiger partial charge in [-0.1, -0.05) is 6.92 Å². The van der Waals surface area contributed by atoms with Gasteiger partial charge in [0.15, 0.2) is 0 Å². The van der Waals surface area contributed by atoms with Crippen molar-refractivity contribution in [2.24, 2.45) is 0 Å². The SMILES string of the molecule is CCc1cc2cc(N)ccc2nc1N1CCCCC1C. The molecule has 20 heavy (non-hydrogen) atoms. The number of benzene rings is 1. The number of hydrogen-bond donors (Lipinski definition) is 1. The van der Waals surface area contributed by atoms with E-state index in [0.717, 1.165) is 29.6 Å². The molecule has 1 saturated heterocycles. The molecule has 1 unspecified atom stereocenters. The highest BCUT2D eigenvalue weighted by Crippen LogP contribution is 2.29. The number of aromatic nitrogens is 1. The minimum atomic E-state index is 0.591. The Morgan fingerprint density at radius 2 is 2.15 bits per heavy atom. The summed E-state index contributed by atoms with van der Waals surface area (Å²) in [4.78, 5) is 7.42. The number of nitrogens with zero attached hydrogens (tertiary/aromatic N) is 2. The molecule has 2 heterocycles. The number of nitrogens with two attached hydrogens (primary N) is 1. The molecule has 1 fully saturated rings. The molecule has 3 heteroatoms. The quantitative estimate of drug-likeness (QED) is 0.844. The molecule has 0 radical (unpaired) electrons. The predicted octanol–water partition coefficient (Wildman–Crippen LogP) is 3.76. The molecule has 2 N–H and O–H groups in total. The van der Waals surface area contributed by atoms with E-state index in [0.29, 0.717) is 6.04 Å². The number of fused-ring (bicyclic) bond motifs is 1. The highest BCUT2D eigenvalue weighted by molar-refractivity contribution is 5.84. The van der Waals surface area contributed by atoms with Crippen LogP contribution in [-0.2, 0) is 6.42 Å². The maximum Gasteiger partial charge on any atom is 0.132 e. The van der Waals surface area contributed by atoms with Crippen molar-refractivity contribution in [2.45, 2.75) is 45.6 Å². The zero-order valence-electron chi connectivity index (χ0n) is 12.4. The maximum absolute atomic E-state index is 5.88. The topological polar surface area (TPSA) is 42.1 Å². The lowest BCUT2D eigenvalue weighted by atomic mass is 10.0. The summed E-state index contributed by atoms with van der Waals surface area (Å²) in [5, 5.41) is 1.15. The molecule has 2 aromatic rings. The molecule has 0 spiro atoms. The second-order valence-corrected chi connectivity index (χ2v) is 5.81. The zero-order chi connectivity index (χ0) is 14.1. The molecule has 106 valence electrons. The van der Waals surface area contributed by atoms with Gasteiger partial charge in [0.25, 0.3) is 0 Å². The summed E-state index contributed by atoms with van der Waals surface area (Å²) >= 11 is 0. The van der Waals surface area contributed by atoms with Crippen LogP contribution in [0.3, 0.4) is 0 Å². The molecule has 0 bridgehead atoms. The Labute approximate surface area is 120 Å². The summed E-state index contributed by atoms with van der Waals surface area (Å²) in [5.41, 5.74) is 9.06. The van der Waals surface area contributed by atoms with E-state index in [4.69, 9.17) is 10.7 Å². The van der Waals surface area contributed by atoms with Crippen LogP contribution >= 0.6 is 0 Å². The monoisotopic (exact) mass is 269 g/mol. The number of nitrogen functional groups attached to an aromatic ring is 1. The summed E-state index contributed by atoms with van der Waals surface area (Å²) < 4.78 is 0. The fourth-order valence-electron chi connectivity index (χ4n) is 3.15. The average molecular weight is 269 g/mol. The molecular formula is C17H23N3. The van der Waals surface area contributed by atoms with Gasteiger partial charge in [-0.05, 0) is 62.4 Å². The molecule has 1 aliphatic heterocycles. The zero-order valence-corrected chi connectivity index (χ0v) is 12.4. The molecule has 1 aromatic carbocycles. The minimum Gasteiger partial charge on any atom is -0.399 e. The summed E-state index contributed by atoms with van der Waals surface area (Å²) in [5.74, 6) is 1.18. The van der Waals surface area contributed by atoms with E-state index < -0.39 is 0 Å². The average Bonchev–Trinajstić information content (AvgIpc) is 2.46. The van der Waals surface area contributed by atoms with Crippen molar-refractivity contribution in [1.82, 2.24) is 4.98 Å². The van der Waals surface area contributed by atoms with Gasteiger partial charge >= 0.3 is 0 Å². The van der Waals surface area contributed by atoms with E-state index in [9.17, 15) is 0 Å². The fourth-order valence-corrected chi connectivity index (χ4v) is 3.15. The Morgan fingerprint density at radius 1 is 1.30 bits per heavy atom. The Balaban J connectivity index is 2.11. The van der Waals surface area contributed by atoms with Gasteiger partial charge in [0.1, 0.15) is 5.82 Å². The van der Waals surface area contributed by atoms with Crippen molar-refractivity contribution in [3.05, 3.63) is 29.8 Å². The first-order valence-electron chi connectivity index (χ1n) is 7.65. The van der Waals surface area contributed by atoms with Gasteiger partial charge in [0.2, 0.25) is 0 Å². The maximum atomic E-state index is 5.88. The third kappa shape index (κ3) is 2.33. The van der Waals surface area contributed by atoms with Gasteiger partial charge in [0.05, 0.1) is 5.52 Å². The molecule has 1 atom stereocenters. The number of hydrogen-bond acceptors (Lipinski definition) is 3. The Morgan fingerprint density at radius 3 is 2.90 bits per heavy atom. The van der Waals surface area contributed by atoms with Crippen LogP contribution in [0.2, 0.25) is 0 Å². The van der Waals surface area contributed by atoms with Crippen molar-refractivity contribution in [2.75, 3.05) is 17.2 Å². The normalized spacial score (nSPS) is 19.5. The van der Waals surface area contributed by atoms with Crippen LogP contribution in [0, 0.1) is 0 Å². The number of piperidine rings is 1. The smallest absolute Gasteiger partial charge is 0.132 e. The molecule has 1 aromatic heterocycles. The molecule has 0 aliphatic carbocycles. The first kappa shape index (κ1) is 13.2. The van der Waals surface area contributed by atoms with Gasteiger partial charge in [-0.2, -0.15) is 0 Å². The van der Waals surface area contributed by atoms with Crippen molar-refractivity contribution >= 4 is 22.4 Å². The Hall–Kier alpha value is -1.77. The van der Waals surface area contributed by atoms with E-state index in [1.54, 1.807) is 0 Å². The van der Waals surface area contributed by atoms with Crippen molar-refractivity contribution in [3.8, 4) is 0 Å². The van der Waals surface area contributed by atoms with E-state index >= 15 is 0 Å². The van der Waals surface area contributed by atoms with Crippen molar-refractivity contribution in [1.29, 1.82) is 0 Å². The van der Waals surface area contributed by atoms with Gasteiger partial charge in [-0.25, -0.2) is 4.98 Å². The minimum absolute atomic E-state index is 0.591. The molecule has 0 amide bonds. The van der Waals surface area contributed by atoms with Crippen LogP contribution in [0.5, 0.6) is 0 Å². The summed E-state index contributed by atoms with van der Waals surface area (Å²) in [6, 6.07) is 8.83. The summed E-state index contributed by atoms with van der Waals surface area (Å²) in [6.07, 6.45) is 4.89. The Bertz CT molecular complexity index is 621. The third-order valence-corrected chi connectivity index (χ3v) is 4.35. The van der Waals surface area contributed by atoms with Crippen LogP contribution < -0.4 is 10.6 Å². The Kier molecular flexibility index (Phi) is 3.51. The van der Waals surface area contributed by atoms with Gasteiger partial charge in [0, 0.05) is 23.7 Å². The number of pyridine rings is 1. The first-order valence-corrected chi connectivity index (χ1v) is 7.65. The largest absolute Gasteiger partial charge is 0.399 e. The molecule has 3 nitrogen and oxygen atoms in total. The van der Waals surface area contributed by atoms with E-state index in [2.05, 4.69) is 24.8 Å². The van der Waals surface area contributed by atoms with E-state index in [1.807, 2.05) is 18.2 Å². The number of anilines is 2. The van der Waals surface area contributed by atoms with Gasteiger partial charge < -0.3 is 10.6 Å². The van der Waals surface area contributed by atoms with Gasteiger partial charge in [-0.15, -0.1) is 0 Å². The number of aryl methyl sites for hydroxylation is 1. The van der Waals surface area contributed by atoms with Crippen LogP contribution in [0.25, 0.3) is 10.9 Å². The predicted molar refractivity (Wildman–Crippen MR) is 86.2 cm³/mol.